The molecule has 0 bridgehead atoms. The van der Waals surface area contributed by atoms with Gasteiger partial charge in [0, 0.05) is 61.8 Å². The molecule has 42 heavy (non-hydrogen) atoms. The Morgan fingerprint density at radius 2 is 1.60 bits per heavy atom. The summed E-state index contributed by atoms with van der Waals surface area (Å²) in [6.07, 6.45) is 5.25. The van der Waals surface area contributed by atoms with Gasteiger partial charge >= 0.3 is 0 Å². The summed E-state index contributed by atoms with van der Waals surface area (Å²) in [5.41, 5.74) is 5.48. The highest BCUT2D eigenvalue weighted by Gasteiger charge is 2.27. The number of benzene rings is 2. The number of rotatable bonds is 16. The molecule has 0 radical (unpaired) electrons. The molecule has 0 spiro atoms. The number of aromatic nitrogens is 2. The maximum Gasteiger partial charge on any atom is 0.251 e. The average Bonchev–Trinajstić information content (AvgIpc) is 3.54. The zero-order valence-electron chi connectivity index (χ0n) is 24.5. The van der Waals surface area contributed by atoms with E-state index in [9.17, 15) is 14.4 Å². The van der Waals surface area contributed by atoms with Gasteiger partial charge in [0.2, 0.25) is 11.8 Å². The van der Waals surface area contributed by atoms with Crippen LogP contribution in [0.15, 0.2) is 36.4 Å². The van der Waals surface area contributed by atoms with Crippen LogP contribution in [0.2, 0.25) is 0 Å². The van der Waals surface area contributed by atoms with E-state index < -0.39 is 0 Å². The van der Waals surface area contributed by atoms with Gasteiger partial charge in [-0.15, -0.1) is 0 Å². The van der Waals surface area contributed by atoms with Gasteiger partial charge in [-0.25, -0.2) is 0 Å². The number of nitrogens with zero attached hydrogens (tertiary/aromatic N) is 1. The van der Waals surface area contributed by atoms with Crippen molar-refractivity contribution in [3.8, 4) is 22.8 Å². The maximum atomic E-state index is 12.8. The molecule has 0 saturated heterocycles. The molecule has 0 saturated carbocycles. The van der Waals surface area contributed by atoms with Crippen LogP contribution in [0.3, 0.4) is 0 Å². The summed E-state index contributed by atoms with van der Waals surface area (Å²) in [4.78, 5) is 35.5. The molecule has 224 valence electrons. The Labute approximate surface area is 246 Å². The lowest BCUT2D eigenvalue weighted by Gasteiger charge is -2.10. The van der Waals surface area contributed by atoms with Gasteiger partial charge in [0.05, 0.1) is 19.9 Å². The van der Waals surface area contributed by atoms with Crippen LogP contribution in [0.5, 0.6) is 11.5 Å². The highest BCUT2D eigenvalue weighted by Crippen LogP contribution is 2.44. The first-order valence-corrected chi connectivity index (χ1v) is 14.4. The van der Waals surface area contributed by atoms with E-state index in [1.807, 2.05) is 30.3 Å². The van der Waals surface area contributed by atoms with Crippen LogP contribution in [-0.4, -0.2) is 61.8 Å². The topological polar surface area (TPSA) is 146 Å². The van der Waals surface area contributed by atoms with Crippen LogP contribution in [0.1, 0.15) is 66.9 Å². The van der Waals surface area contributed by atoms with E-state index in [2.05, 4.69) is 31.5 Å². The number of ether oxygens (including phenoxy) is 2. The number of carbonyl (C=O) groups excluding carboxylic acids is 3. The van der Waals surface area contributed by atoms with Gasteiger partial charge in [0.25, 0.3) is 5.91 Å². The predicted octanol–water partition coefficient (Wildman–Crippen LogP) is 4.06. The molecule has 0 atom stereocenters. The number of fused-ring (bicyclic) bond motifs is 3. The van der Waals surface area contributed by atoms with E-state index in [4.69, 9.17) is 9.47 Å². The highest BCUT2D eigenvalue weighted by molar-refractivity contribution is 5.95. The van der Waals surface area contributed by atoms with Gasteiger partial charge < -0.3 is 30.7 Å². The molecule has 0 unspecified atom stereocenters. The van der Waals surface area contributed by atoms with Crippen molar-refractivity contribution in [2.75, 3.05) is 39.2 Å². The van der Waals surface area contributed by atoms with Crippen molar-refractivity contribution in [3.05, 3.63) is 53.1 Å². The molecule has 3 aromatic rings. The number of aromatic amines is 1. The number of nitrogens with one attached hydrogen (secondary N) is 5. The van der Waals surface area contributed by atoms with Crippen molar-refractivity contribution >= 4 is 29.2 Å². The molecule has 3 amide bonds. The molecule has 0 fully saturated rings. The zero-order chi connectivity index (χ0) is 29.9. The summed E-state index contributed by atoms with van der Waals surface area (Å²) >= 11 is 0. The van der Waals surface area contributed by atoms with Gasteiger partial charge in [0.15, 0.2) is 17.3 Å². The summed E-state index contributed by atoms with van der Waals surface area (Å²) in [5, 5.41) is 19.6. The van der Waals surface area contributed by atoms with E-state index >= 15 is 0 Å². The first-order chi connectivity index (χ1) is 20.4. The van der Waals surface area contributed by atoms with Gasteiger partial charge in [-0.1, -0.05) is 12.5 Å². The Balaban J connectivity index is 1.18. The van der Waals surface area contributed by atoms with Crippen LogP contribution in [0, 0.1) is 0 Å². The number of hydrogen-bond acceptors (Lipinski definition) is 7. The fraction of sp³-hybridized carbons (Fsp3) is 0.419. The summed E-state index contributed by atoms with van der Waals surface area (Å²) in [7, 11) is 3.24. The van der Waals surface area contributed by atoms with Gasteiger partial charge in [-0.2, -0.15) is 5.10 Å². The minimum Gasteiger partial charge on any atom is -0.493 e. The standard InChI is InChI=1S/C31H40N6O5/c1-20(38)32-13-7-8-14-33-28(39)12-5-4-6-15-34-31(40)21-10-9-11-23(16-21)35-30-25-17-22-18-26(41-2)27(42-3)19-24(22)29(25)36-37-30/h9-11,16,18-19H,4-8,12-15,17H2,1-3H3,(H,32,38)(H,33,39)(H,34,40)(H2,35,36,37). The van der Waals surface area contributed by atoms with Crippen molar-refractivity contribution in [1.29, 1.82) is 0 Å². The van der Waals surface area contributed by atoms with Crippen LogP contribution >= 0.6 is 0 Å². The number of methoxy groups -OCH3 is 2. The van der Waals surface area contributed by atoms with Crippen molar-refractivity contribution in [1.82, 2.24) is 26.1 Å². The molecular formula is C31H40N6O5. The molecule has 4 rings (SSSR count). The third kappa shape index (κ3) is 8.02. The Morgan fingerprint density at radius 3 is 2.36 bits per heavy atom. The SMILES string of the molecule is COc1cc2c(cc1OC)-c1[nH]nc(Nc3cccc(C(=O)NCCCCCC(=O)NCCCCNC(C)=O)c3)c1C2. The number of unbranched alkanes of at least 4 members (excludes halogenated alkanes) is 3. The van der Waals surface area contributed by atoms with E-state index in [0.717, 1.165) is 60.2 Å². The molecule has 1 aromatic heterocycles. The molecule has 1 aliphatic rings. The monoisotopic (exact) mass is 576 g/mol. The molecule has 0 aliphatic heterocycles. The Morgan fingerprint density at radius 1 is 0.881 bits per heavy atom. The normalized spacial score (nSPS) is 11.3. The van der Waals surface area contributed by atoms with Crippen LogP contribution in [0.4, 0.5) is 11.5 Å². The Kier molecular flexibility index (Phi) is 10.8. The number of carbonyl (C=O) groups is 3. The van der Waals surface area contributed by atoms with Crippen molar-refractivity contribution in [2.24, 2.45) is 0 Å². The van der Waals surface area contributed by atoms with E-state index in [1.54, 1.807) is 20.3 Å². The lowest BCUT2D eigenvalue weighted by molar-refractivity contribution is -0.121. The van der Waals surface area contributed by atoms with Crippen LogP contribution in [0.25, 0.3) is 11.3 Å². The minimum atomic E-state index is -0.144. The largest absolute Gasteiger partial charge is 0.493 e. The second-order valence-corrected chi connectivity index (χ2v) is 10.3. The number of hydrogen-bond donors (Lipinski definition) is 5. The fourth-order valence-electron chi connectivity index (χ4n) is 4.95. The summed E-state index contributed by atoms with van der Waals surface area (Å²) < 4.78 is 10.9. The van der Waals surface area contributed by atoms with E-state index in [-0.39, 0.29) is 17.7 Å². The Hall–Kier alpha value is -4.54. The van der Waals surface area contributed by atoms with Crippen LogP contribution in [-0.2, 0) is 16.0 Å². The first-order valence-electron chi connectivity index (χ1n) is 14.4. The predicted molar refractivity (Wildman–Crippen MR) is 161 cm³/mol. The highest BCUT2D eigenvalue weighted by atomic mass is 16.5. The zero-order valence-corrected chi connectivity index (χ0v) is 24.5. The first kappa shape index (κ1) is 30.4. The number of H-pyrrole nitrogens is 1. The molecule has 11 nitrogen and oxygen atoms in total. The lowest BCUT2D eigenvalue weighted by Crippen LogP contribution is -2.26. The summed E-state index contributed by atoms with van der Waals surface area (Å²) in [5.74, 6) is 1.93. The van der Waals surface area contributed by atoms with Crippen molar-refractivity contribution in [2.45, 2.75) is 51.9 Å². The third-order valence-corrected chi connectivity index (χ3v) is 7.17. The van der Waals surface area contributed by atoms with Gasteiger partial charge in [-0.3, -0.25) is 19.5 Å². The Bertz CT molecular complexity index is 1400. The molecule has 2 aromatic carbocycles. The molecule has 11 heteroatoms. The third-order valence-electron chi connectivity index (χ3n) is 7.17. The second-order valence-electron chi connectivity index (χ2n) is 10.3. The average molecular weight is 577 g/mol. The molecular weight excluding hydrogens is 536 g/mol. The molecule has 1 heterocycles. The molecule has 1 aliphatic carbocycles. The molecule has 5 N–H and O–H groups in total. The lowest BCUT2D eigenvalue weighted by atomic mass is 10.1. The van der Waals surface area contributed by atoms with Crippen molar-refractivity contribution in [3.63, 3.8) is 0 Å². The summed E-state index contributed by atoms with van der Waals surface area (Å²) in [6.45, 7) is 3.28. The van der Waals surface area contributed by atoms with Gasteiger partial charge in [0.1, 0.15) is 0 Å². The fourth-order valence-corrected chi connectivity index (χ4v) is 4.95. The quantitative estimate of drug-likeness (QED) is 0.126. The second kappa shape index (κ2) is 14.9. The minimum absolute atomic E-state index is 0.0359. The number of anilines is 2. The smallest absolute Gasteiger partial charge is 0.251 e. The van der Waals surface area contributed by atoms with Crippen molar-refractivity contribution < 1.29 is 23.9 Å². The maximum absolute atomic E-state index is 12.8. The summed E-state index contributed by atoms with van der Waals surface area (Å²) in [6, 6.07) is 11.3. The van der Waals surface area contributed by atoms with E-state index in [1.165, 1.54) is 6.92 Å². The van der Waals surface area contributed by atoms with Crippen LogP contribution < -0.4 is 30.7 Å². The number of amides is 3. The van der Waals surface area contributed by atoms with Gasteiger partial charge in [-0.05, 0) is 61.6 Å². The van der Waals surface area contributed by atoms with E-state index in [0.29, 0.717) is 55.4 Å².